The molecular weight excluding hydrogens is 581 g/mol. The number of aliphatic hydroxyl groups is 1. The third-order valence-corrected chi connectivity index (χ3v) is 7.22. The summed E-state index contributed by atoms with van der Waals surface area (Å²) in [4.78, 5) is 28.7. The van der Waals surface area contributed by atoms with E-state index in [0.29, 0.717) is 0 Å². The van der Waals surface area contributed by atoms with E-state index in [4.69, 9.17) is 15.2 Å². The van der Waals surface area contributed by atoms with Gasteiger partial charge in [0.1, 0.15) is 30.5 Å². The van der Waals surface area contributed by atoms with Crippen molar-refractivity contribution in [2.24, 2.45) is 5.73 Å². The molecule has 226 valence electrons. The van der Waals surface area contributed by atoms with E-state index in [1.54, 1.807) is 0 Å². The average Bonchev–Trinajstić information content (AvgIpc) is 3.56. The standard InChI is InChI=1S/C28H24F5N5O5/c1-26(11-29)13-43-23-18(26)10-20(36-22(23)14-3-5-16(30)6-4-14)27(41,28(31,32)33)12-35-25(40)15-7-17-9-19(24(34)39)37-38(17)21(8-15)42-2/h3-10,41H,11-13H2,1-2H3,(H2,34,39)(H,35,40). The minimum atomic E-state index is -5.38. The molecule has 2 unspecified atom stereocenters. The van der Waals surface area contributed by atoms with Crippen LogP contribution in [0.15, 0.2) is 48.5 Å². The fourth-order valence-electron chi connectivity index (χ4n) is 4.68. The Hall–Kier alpha value is -4.79. The van der Waals surface area contributed by atoms with Crippen molar-refractivity contribution in [3.05, 3.63) is 76.9 Å². The van der Waals surface area contributed by atoms with Crippen LogP contribution in [0.1, 0.15) is 39.0 Å². The molecule has 3 aromatic heterocycles. The van der Waals surface area contributed by atoms with Crippen molar-refractivity contribution < 1.29 is 46.1 Å². The first-order valence-electron chi connectivity index (χ1n) is 12.7. The van der Waals surface area contributed by atoms with Gasteiger partial charge in [-0.1, -0.05) is 0 Å². The van der Waals surface area contributed by atoms with Gasteiger partial charge in [-0.05, 0) is 49.4 Å². The number of pyridine rings is 2. The zero-order valence-corrected chi connectivity index (χ0v) is 22.6. The van der Waals surface area contributed by atoms with Crippen LogP contribution in [-0.2, 0) is 11.0 Å². The number of hydrogen-bond acceptors (Lipinski definition) is 7. The Morgan fingerprint density at radius 3 is 2.49 bits per heavy atom. The van der Waals surface area contributed by atoms with Gasteiger partial charge < -0.3 is 25.6 Å². The highest BCUT2D eigenvalue weighted by molar-refractivity contribution is 5.97. The second kappa shape index (κ2) is 10.5. The molecule has 1 aliphatic heterocycles. The molecule has 43 heavy (non-hydrogen) atoms. The summed E-state index contributed by atoms with van der Waals surface area (Å²) in [6.45, 7) is -1.16. The molecule has 15 heteroatoms. The van der Waals surface area contributed by atoms with Crippen molar-refractivity contribution in [2.75, 3.05) is 26.9 Å². The van der Waals surface area contributed by atoms with Gasteiger partial charge in [-0.15, -0.1) is 0 Å². The summed E-state index contributed by atoms with van der Waals surface area (Å²) < 4.78 is 83.5. The number of aromatic nitrogens is 3. The molecule has 10 nitrogen and oxygen atoms in total. The molecule has 0 bridgehead atoms. The second-order valence-electron chi connectivity index (χ2n) is 10.3. The highest BCUT2D eigenvalue weighted by Crippen LogP contribution is 2.48. The molecule has 1 aromatic carbocycles. The number of amides is 2. The summed E-state index contributed by atoms with van der Waals surface area (Å²) in [6.07, 6.45) is -5.38. The summed E-state index contributed by atoms with van der Waals surface area (Å²) in [5, 5.41) is 17.2. The lowest BCUT2D eigenvalue weighted by molar-refractivity contribution is -0.265. The summed E-state index contributed by atoms with van der Waals surface area (Å²) in [5.41, 5.74) is -0.931. The van der Waals surface area contributed by atoms with Crippen molar-refractivity contribution in [1.29, 1.82) is 0 Å². The Morgan fingerprint density at radius 2 is 1.88 bits per heavy atom. The van der Waals surface area contributed by atoms with Crippen molar-refractivity contribution in [2.45, 2.75) is 24.1 Å². The quantitative estimate of drug-likeness (QED) is 0.262. The predicted octanol–water partition coefficient (Wildman–Crippen LogP) is 3.44. The average molecular weight is 606 g/mol. The molecule has 1 aliphatic rings. The lowest BCUT2D eigenvalue weighted by Gasteiger charge is -2.31. The number of ether oxygens (including phenoxy) is 2. The maximum Gasteiger partial charge on any atom is 0.424 e. The SMILES string of the molecule is COc1cc(C(=O)NCC(O)(c2cc3c(c(-c4ccc(F)cc4)n2)OCC3(C)CF)C(F)(F)F)cc2cc(C(N)=O)nn12. The Bertz CT molecular complexity index is 1740. The van der Waals surface area contributed by atoms with Gasteiger partial charge in [-0.3, -0.25) is 9.59 Å². The largest absolute Gasteiger partial charge is 0.490 e. The van der Waals surface area contributed by atoms with E-state index in [0.717, 1.165) is 28.8 Å². The molecule has 4 heterocycles. The number of nitrogens with two attached hydrogens (primary N) is 1. The molecule has 2 atom stereocenters. The minimum Gasteiger partial charge on any atom is -0.490 e. The zero-order valence-electron chi connectivity index (χ0n) is 22.6. The number of nitrogens with zero attached hydrogens (tertiary/aromatic N) is 3. The van der Waals surface area contributed by atoms with Gasteiger partial charge in [0, 0.05) is 22.8 Å². The Morgan fingerprint density at radius 1 is 1.19 bits per heavy atom. The van der Waals surface area contributed by atoms with Gasteiger partial charge in [0.25, 0.3) is 11.8 Å². The van der Waals surface area contributed by atoms with Crippen molar-refractivity contribution in [1.82, 2.24) is 19.9 Å². The van der Waals surface area contributed by atoms with E-state index in [1.807, 2.05) is 0 Å². The van der Waals surface area contributed by atoms with Crippen LogP contribution in [0.4, 0.5) is 22.0 Å². The van der Waals surface area contributed by atoms with E-state index in [-0.39, 0.29) is 51.8 Å². The predicted molar refractivity (Wildman–Crippen MR) is 141 cm³/mol. The summed E-state index contributed by atoms with van der Waals surface area (Å²) in [6, 6.07) is 9.19. The van der Waals surface area contributed by atoms with Crippen LogP contribution in [0.3, 0.4) is 0 Å². The van der Waals surface area contributed by atoms with E-state index in [2.05, 4.69) is 15.4 Å². The van der Waals surface area contributed by atoms with Crippen LogP contribution in [-0.4, -0.2) is 64.6 Å². The zero-order chi connectivity index (χ0) is 31.3. The number of methoxy groups -OCH3 is 1. The van der Waals surface area contributed by atoms with Gasteiger partial charge >= 0.3 is 6.18 Å². The number of carbonyl (C=O) groups excluding carboxylic acids is 2. The van der Waals surface area contributed by atoms with Crippen molar-refractivity contribution in [3.63, 3.8) is 0 Å². The maximum absolute atomic E-state index is 14.6. The number of hydrogen-bond donors (Lipinski definition) is 3. The lowest BCUT2D eigenvalue weighted by atomic mass is 9.83. The van der Waals surface area contributed by atoms with Crippen LogP contribution >= 0.6 is 0 Å². The van der Waals surface area contributed by atoms with Gasteiger partial charge in [0.05, 0.1) is 30.3 Å². The third-order valence-electron chi connectivity index (χ3n) is 7.22. The molecule has 0 radical (unpaired) electrons. The summed E-state index contributed by atoms with van der Waals surface area (Å²) in [7, 11) is 1.25. The molecule has 2 amide bonds. The number of fused-ring (bicyclic) bond motifs is 2. The van der Waals surface area contributed by atoms with Gasteiger partial charge in [0.2, 0.25) is 11.5 Å². The highest BCUT2D eigenvalue weighted by atomic mass is 19.4. The van der Waals surface area contributed by atoms with Gasteiger partial charge in [-0.25, -0.2) is 18.3 Å². The number of nitrogens with one attached hydrogen (secondary N) is 1. The summed E-state index contributed by atoms with van der Waals surface area (Å²) >= 11 is 0. The first kappa shape index (κ1) is 29.7. The number of halogens is 5. The lowest BCUT2D eigenvalue weighted by Crippen LogP contribution is -2.51. The molecule has 4 N–H and O–H groups in total. The minimum absolute atomic E-state index is 0.000559. The topological polar surface area (TPSA) is 141 Å². The number of primary amides is 1. The number of benzene rings is 1. The van der Waals surface area contributed by atoms with Crippen LogP contribution in [0, 0.1) is 5.82 Å². The fraction of sp³-hybridized carbons (Fsp3) is 0.286. The Labute approximate surface area is 240 Å². The van der Waals surface area contributed by atoms with Crippen molar-refractivity contribution >= 4 is 17.3 Å². The smallest absolute Gasteiger partial charge is 0.424 e. The van der Waals surface area contributed by atoms with Crippen LogP contribution in [0.5, 0.6) is 11.6 Å². The molecule has 0 spiro atoms. The molecule has 4 aromatic rings. The molecule has 0 saturated carbocycles. The van der Waals surface area contributed by atoms with E-state index in [1.165, 1.54) is 38.3 Å². The van der Waals surface area contributed by atoms with Crippen LogP contribution in [0.25, 0.3) is 16.8 Å². The molecular formula is C28H24F5N5O5. The molecule has 0 aliphatic carbocycles. The molecule has 0 saturated heterocycles. The molecule has 5 rings (SSSR count). The highest BCUT2D eigenvalue weighted by Gasteiger charge is 2.57. The number of alkyl halides is 4. The Kier molecular flexibility index (Phi) is 7.24. The van der Waals surface area contributed by atoms with Gasteiger partial charge in [-0.2, -0.15) is 18.3 Å². The normalized spacial score (nSPS) is 17.7. The second-order valence-corrected chi connectivity index (χ2v) is 10.3. The van der Waals surface area contributed by atoms with E-state index >= 15 is 0 Å². The first-order chi connectivity index (χ1) is 20.2. The summed E-state index contributed by atoms with van der Waals surface area (Å²) in [5.74, 6) is -2.54. The van der Waals surface area contributed by atoms with E-state index in [9.17, 15) is 36.6 Å². The number of rotatable bonds is 8. The van der Waals surface area contributed by atoms with Crippen LogP contribution in [0.2, 0.25) is 0 Å². The third kappa shape index (κ3) is 5.09. The van der Waals surface area contributed by atoms with Crippen LogP contribution < -0.4 is 20.5 Å². The van der Waals surface area contributed by atoms with Crippen molar-refractivity contribution in [3.8, 4) is 22.9 Å². The number of carbonyl (C=O) groups is 2. The first-order valence-corrected chi connectivity index (χ1v) is 12.7. The molecule has 0 fully saturated rings. The van der Waals surface area contributed by atoms with Gasteiger partial charge in [0.15, 0.2) is 5.69 Å². The Balaban J connectivity index is 1.56. The monoisotopic (exact) mass is 605 g/mol. The van der Waals surface area contributed by atoms with E-state index < -0.39 is 53.7 Å². The fourth-order valence-corrected chi connectivity index (χ4v) is 4.68. The maximum atomic E-state index is 14.6.